The van der Waals surface area contributed by atoms with E-state index < -0.39 is 0 Å². The zero-order valence-electron chi connectivity index (χ0n) is 19.9. The maximum atomic E-state index is 13.6. The van der Waals surface area contributed by atoms with Crippen LogP contribution in [0.15, 0.2) is 84.6 Å². The van der Waals surface area contributed by atoms with E-state index in [1.807, 2.05) is 60.7 Å². The van der Waals surface area contributed by atoms with Crippen molar-refractivity contribution in [2.75, 3.05) is 37.0 Å². The van der Waals surface area contributed by atoms with Crippen molar-refractivity contribution in [3.05, 3.63) is 95.7 Å². The molecule has 2 aliphatic heterocycles. The topological polar surface area (TPSA) is 61.9 Å². The quantitative estimate of drug-likeness (QED) is 0.486. The summed E-state index contributed by atoms with van der Waals surface area (Å²) in [7, 11) is 1.57. The summed E-state index contributed by atoms with van der Waals surface area (Å²) in [6, 6.07) is 25.2. The number of nitrogens with one attached hydrogen (secondary N) is 1. The number of carbonyl (C=O) groups is 2. The molecule has 0 radical (unpaired) electrons. The van der Waals surface area contributed by atoms with Gasteiger partial charge in [0.2, 0.25) is 0 Å². The summed E-state index contributed by atoms with van der Waals surface area (Å²) in [5, 5.41) is 3.26. The van der Waals surface area contributed by atoms with Gasteiger partial charge in [-0.2, -0.15) is 0 Å². The Labute approximate surface area is 205 Å². The Morgan fingerprint density at radius 1 is 0.829 bits per heavy atom. The Morgan fingerprint density at radius 2 is 1.51 bits per heavy atom. The fraction of sp³-hybridized carbons (Fsp3) is 0.241. The van der Waals surface area contributed by atoms with Gasteiger partial charge in [0.05, 0.1) is 12.7 Å². The Balaban J connectivity index is 1.45. The van der Waals surface area contributed by atoms with Gasteiger partial charge in [0.25, 0.3) is 11.8 Å². The van der Waals surface area contributed by atoms with Crippen molar-refractivity contribution in [2.24, 2.45) is 0 Å². The van der Waals surface area contributed by atoms with Crippen LogP contribution in [0.1, 0.15) is 24.0 Å². The van der Waals surface area contributed by atoms with E-state index in [-0.39, 0.29) is 17.5 Å². The number of hydrogen-bond acceptors (Lipinski definition) is 5. The minimum atomic E-state index is -0.324. The first-order valence-corrected chi connectivity index (χ1v) is 12.1. The number of hydrogen-bond donors (Lipinski definition) is 1. The SMILES string of the molecule is COc1ccccc1C1=C(Nc2ccc(N3CCCC3)cc2)C(=O)N(CCc2ccccc2)C1=O. The fourth-order valence-electron chi connectivity index (χ4n) is 4.76. The lowest BCUT2D eigenvalue weighted by Crippen LogP contribution is -2.34. The molecule has 1 fully saturated rings. The number of anilines is 2. The number of methoxy groups -OCH3 is 1. The van der Waals surface area contributed by atoms with Gasteiger partial charge < -0.3 is 15.0 Å². The molecule has 1 N–H and O–H groups in total. The fourth-order valence-corrected chi connectivity index (χ4v) is 4.76. The van der Waals surface area contributed by atoms with Gasteiger partial charge in [0.15, 0.2) is 0 Å². The predicted octanol–water partition coefficient (Wildman–Crippen LogP) is 4.73. The van der Waals surface area contributed by atoms with Gasteiger partial charge in [-0.05, 0) is 55.2 Å². The molecule has 0 spiro atoms. The maximum absolute atomic E-state index is 13.6. The lowest BCUT2D eigenvalue weighted by Gasteiger charge is -2.18. The van der Waals surface area contributed by atoms with E-state index in [0.717, 1.165) is 24.3 Å². The molecule has 0 aromatic heterocycles. The Kier molecular flexibility index (Phi) is 6.53. The van der Waals surface area contributed by atoms with Gasteiger partial charge in [-0.3, -0.25) is 14.5 Å². The summed E-state index contributed by atoms with van der Waals surface area (Å²) in [5.41, 5.74) is 4.23. The molecule has 178 valence electrons. The van der Waals surface area contributed by atoms with E-state index in [9.17, 15) is 9.59 Å². The zero-order chi connectivity index (χ0) is 24.2. The van der Waals surface area contributed by atoms with E-state index in [1.165, 1.54) is 23.4 Å². The van der Waals surface area contributed by atoms with Crippen LogP contribution < -0.4 is 15.0 Å². The molecule has 0 atom stereocenters. The van der Waals surface area contributed by atoms with Gasteiger partial charge >= 0.3 is 0 Å². The van der Waals surface area contributed by atoms with E-state index >= 15 is 0 Å². The first kappa shape index (κ1) is 22.7. The second-order valence-electron chi connectivity index (χ2n) is 8.81. The first-order chi connectivity index (χ1) is 17.2. The van der Waals surface area contributed by atoms with Crippen LogP contribution in [0.5, 0.6) is 5.75 Å². The molecule has 2 aliphatic rings. The lowest BCUT2D eigenvalue weighted by molar-refractivity contribution is -0.136. The lowest BCUT2D eigenvalue weighted by atomic mass is 10.0. The van der Waals surface area contributed by atoms with Crippen molar-refractivity contribution in [3.63, 3.8) is 0 Å². The number of rotatable bonds is 8. The minimum absolute atomic E-state index is 0.279. The Morgan fingerprint density at radius 3 is 2.23 bits per heavy atom. The molecule has 2 amide bonds. The molecule has 1 saturated heterocycles. The van der Waals surface area contributed by atoms with Crippen LogP contribution >= 0.6 is 0 Å². The molecule has 0 aliphatic carbocycles. The van der Waals surface area contributed by atoms with E-state index in [2.05, 4.69) is 22.3 Å². The van der Waals surface area contributed by atoms with Crippen molar-refractivity contribution < 1.29 is 14.3 Å². The van der Waals surface area contributed by atoms with Gasteiger partial charge in [-0.25, -0.2) is 0 Å². The Bertz CT molecular complexity index is 1250. The molecule has 0 saturated carbocycles. The monoisotopic (exact) mass is 467 g/mol. The smallest absolute Gasteiger partial charge is 0.278 e. The molecule has 3 aromatic carbocycles. The normalized spacial score (nSPS) is 15.8. The van der Waals surface area contributed by atoms with Gasteiger partial charge in [-0.15, -0.1) is 0 Å². The van der Waals surface area contributed by atoms with Crippen molar-refractivity contribution in [2.45, 2.75) is 19.3 Å². The van der Waals surface area contributed by atoms with Gasteiger partial charge in [0.1, 0.15) is 11.4 Å². The molecule has 0 bridgehead atoms. The molecule has 5 rings (SSSR count). The molecular formula is C29H29N3O3. The number of amides is 2. The highest BCUT2D eigenvalue weighted by molar-refractivity contribution is 6.37. The van der Waals surface area contributed by atoms with Crippen LogP contribution in [0.2, 0.25) is 0 Å². The third-order valence-electron chi connectivity index (χ3n) is 6.62. The summed E-state index contributed by atoms with van der Waals surface area (Å²) in [4.78, 5) is 30.8. The van der Waals surface area contributed by atoms with Gasteiger partial charge in [-0.1, -0.05) is 48.5 Å². The minimum Gasteiger partial charge on any atom is -0.496 e. The van der Waals surface area contributed by atoms with Crippen LogP contribution in [0.3, 0.4) is 0 Å². The average molecular weight is 468 g/mol. The van der Waals surface area contributed by atoms with Crippen LogP contribution in [-0.4, -0.2) is 43.5 Å². The molecule has 6 heteroatoms. The maximum Gasteiger partial charge on any atom is 0.278 e. The third kappa shape index (κ3) is 4.64. The predicted molar refractivity (Wildman–Crippen MR) is 138 cm³/mol. The van der Waals surface area contributed by atoms with E-state index in [4.69, 9.17) is 4.74 Å². The largest absolute Gasteiger partial charge is 0.496 e. The van der Waals surface area contributed by atoms with E-state index in [0.29, 0.717) is 29.9 Å². The molecule has 35 heavy (non-hydrogen) atoms. The number of nitrogens with zero attached hydrogens (tertiary/aromatic N) is 2. The summed E-state index contributed by atoms with van der Waals surface area (Å²) >= 11 is 0. The number of ether oxygens (including phenoxy) is 1. The number of para-hydroxylation sites is 1. The van der Waals surface area contributed by atoms with Crippen LogP contribution in [-0.2, 0) is 16.0 Å². The van der Waals surface area contributed by atoms with Crippen molar-refractivity contribution in [1.29, 1.82) is 0 Å². The molecule has 6 nitrogen and oxygen atoms in total. The highest BCUT2D eigenvalue weighted by Gasteiger charge is 2.40. The molecular weight excluding hydrogens is 438 g/mol. The Hall–Kier alpha value is -4.06. The molecule has 2 heterocycles. The van der Waals surface area contributed by atoms with Crippen LogP contribution in [0.4, 0.5) is 11.4 Å². The number of imide groups is 1. The second kappa shape index (κ2) is 10.1. The highest BCUT2D eigenvalue weighted by atomic mass is 16.5. The summed E-state index contributed by atoms with van der Waals surface area (Å²) in [6.07, 6.45) is 3.02. The summed E-state index contributed by atoms with van der Waals surface area (Å²) in [6.45, 7) is 2.44. The van der Waals surface area contributed by atoms with Gasteiger partial charge in [0, 0.05) is 36.6 Å². The van der Waals surface area contributed by atoms with Crippen LogP contribution in [0.25, 0.3) is 5.57 Å². The zero-order valence-corrected chi connectivity index (χ0v) is 19.9. The second-order valence-corrected chi connectivity index (χ2v) is 8.81. The standard InChI is InChI=1S/C29H29N3O3/c1-35-25-12-6-5-11-24(25)26-27(30-22-13-15-23(16-14-22)31-18-7-8-19-31)29(34)32(28(26)33)20-17-21-9-3-2-4-10-21/h2-6,9-16,30H,7-8,17-20H2,1H3. The summed E-state index contributed by atoms with van der Waals surface area (Å²) < 4.78 is 5.53. The first-order valence-electron chi connectivity index (χ1n) is 12.1. The third-order valence-corrected chi connectivity index (χ3v) is 6.62. The number of benzene rings is 3. The average Bonchev–Trinajstić information content (AvgIpc) is 3.51. The molecule has 3 aromatic rings. The van der Waals surface area contributed by atoms with E-state index in [1.54, 1.807) is 13.2 Å². The van der Waals surface area contributed by atoms with Crippen molar-refractivity contribution in [3.8, 4) is 5.75 Å². The van der Waals surface area contributed by atoms with Crippen LogP contribution in [0, 0.1) is 0 Å². The van der Waals surface area contributed by atoms with Crippen molar-refractivity contribution >= 4 is 28.8 Å². The molecule has 0 unspecified atom stereocenters. The number of carbonyl (C=O) groups excluding carboxylic acids is 2. The summed E-state index contributed by atoms with van der Waals surface area (Å²) in [5.74, 6) is -0.0840. The van der Waals surface area contributed by atoms with Crippen molar-refractivity contribution in [1.82, 2.24) is 4.90 Å². The highest BCUT2D eigenvalue weighted by Crippen LogP contribution is 2.35.